The Kier molecular flexibility index (Phi) is 3.38. The van der Waals surface area contributed by atoms with Gasteiger partial charge in [0.1, 0.15) is 12.4 Å². The van der Waals surface area contributed by atoms with Gasteiger partial charge in [-0.3, -0.25) is 0 Å². The molecule has 0 bridgehead atoms. The minimum Gasteiger partial charge on any atom is -0.489 e. The van der Waals surface area contributed by atoms with Gasteiger partial charge in [-0.1, -0.05) is 30.9 Å². The molecule has 16 heavy (non-hydrogen) atoms. The quantitative estimate of drug-likeness (QED) is 0.715. The van der Waals surface area contributed by atoms with Gasteiger partial charge in [0, 0.05) is 18.0 Å². The van der Waals surface area contributed by atoms with E-state index in [-0.39, 0.29) is 0 Å². The van der Waals surface area contributed by atoms with E-state index in [0.717, 1.165) is 17.9 Å². The molecule has 2 rings (SSSR count). The lowest BCUT2D eigenvalue weighted by Gasteiger charge is -2.10. The van der Waals surface area contributed by atoms with Crippen LogP contribution in [0, 0.1) is 0 Å². The van der Waals surface area contributed by atoms with E-state index in [9.17, 15) is 0 Å². The molecule has 0 aliphatic carbocycles. The summed E-state index contributed by atoms with van der Waals surface area (Å²) in [7, 11) is 0. The van der Waals surface area contributed by atoms with Gasteiger partial charge in [-0.2, -0.15) is 0 Å². The van der Waals surface area contributed by atoms with Crippen LogP contribution in [-0.2, 0) is 6.54 Å². The van der Waals surface area contributed by atoms with E-state index in [1.165, 1.54) is 0 Å². The number of aromatic nitrogens is 2. The number of hydrogen-bond donors (Lipinski definition) is 0. The van der Waals surface area contributed by atoms with Crippen LogP contribution in [0.2, 0.25) is 0 Å². The smallest absolute Gasteiger partial charge is 0.124 e. The second kappa shape index (κ2) is 5.16. The van der Waals surface area contributed by atoms with Gasteiger partial charge < -0.3 is 9.30 Å². The molecule has 0 amide bonds. The zero-order valence-electron chi connectivity index (χ0n) is 9.04. The maximum Gasteiger partial charge on any atom is 0.124 e. The van der Waals surface area contributed by atoms with Crippen LogP contribution in [0.25, 0.3) is 0 Å². The molecule has 0 aliphatic rings. The predicted octanol–water partition coefficient (Wildman–Crippen LogP) is 2.50. The van der Waals surface area contributed by atoms with Crippen molar-refractivity contribution in [1.29, 1.82) is 0 Å². The van der Waals surface area contributed by atoms with Gasteiger partial charge in [-0.15, -0.1) is 0 Å². The summed E-state index contributed by atoms with van der Waals surface area (Å²) >= 11 is 0. The molecule has 1 aromatic heterocycles. The predicted molar refractivity (Wildman–Crippen MR) is 63.5 cm³/mol. The second-order valence-corrected chi connectivity index (χ2v) is 3.44. The van der Waals surface area contributed by atoms with Crippen molar-refractivity contribution >= 4 is 0 Å². The SMILES string of the molecule is C=CCOc1ccccc1Cn1ccnc1. The van der Waals surface area contributed by atoms with Crippen molar-refractivity contribution < 1.29 is 4.74 Å². The van der Waals surface area contributed by atoms with E-state index in [1.54, 1.807) is 18.6 Å². The van der Waals surface area contributed by atoms with Crippen molar-refractivity contribution in [3.8, 4) is 5.75 Å². The van der Waals surface area contributed by atoms with E-state index in [1.807, 2.05) is 29.0 Å². The Bertz CT molecular complexity index is 449. The highest BCUT2D eigenvalue weighted by molar-refractivity contribution is 5.33. The third-order valence-corrected chi connectivity index (χ3v) is 2.24. The maximum absolute atomic E-state index is 5.58. The highest BCUT2D eigenvalue weighted by Gasteiger charge is 2.02. The van der Waals surface area contributed by atoms with Gasteiger partial charge in [0.25, 0.3) is 0 Å². The lowest BCUT2D eigenvalue weighted by Crippen LogP contribution is -2.01. The molecule has 1 heterocycles. The highest BCUT2D eigenvalue weighted by Crippen LogP contribution is 2.18. The van der Waals surface area contributed by atoms with E-state index in [2.05, 4.69) is 17.6 Å². The van der Waals surface area contributed by atoms with Crippen LogP contribution >= 0.6 is 0 Å². The largest absolute Gasteiger partial charge is 0.489 e. The monoisotopic (exact) mass is 214 g/mol. The van der Waals surface area contributed by atoms with Crippen LogP contribution in [0.4, 0.5) is 0 Å². The highest BCUT2D eigenvalue weighted by atomic mass is 16.5. The fraction of sp³-hybridized carbons (Fsp3) is 0.154. The average molecular weight is 214 g/mol. The molecule has 0 atom stereocenters. The molecule has 2 aromatic rings. The van der Waals surface area contributed by atoms with E-state index < -0.39 is 0 Å². The third kappa shape index (κ3) is 2.51. The van der Waals surface area contributed by atoms with E-state index in [4.69, 9.17) is 4.74 Å². The minimum atomic E-state index is 0.529. The Morgan fingerprint density at radius 2 is 2.25 bits per heavy atom. The summed E-state index contributed by atoms with van der Waals surface area (Å²) in [6.07, 6.45) is 7.25. The fourth-order valence-electron chi connectivity index (χ4n) is 1.50. The first-order chi connectivity index (χ1) is 7.90. The Morgan fingerprint density at radius 1 is 1.38 bits per heavy atom. The summed E-state index contributed by atoms with van der Waals surface area (Å²) in [6.45, 7) is 4.94. The molecule has 0 fully saturated rings. The zero-order valence-corrected chi connectivity index (χ0v) is 9.04. The topological polar surface area (TPSA) is 27.1 Å². The maximum atomic E-state index is 5.58. The minimum absolute atomic E-state index is 0.529. The van der Waals surface area contributed by atoms with Crippen LogP contribution in [0.1, 0.15) is 5.56 Å². The zero-order chi connectivity index (χ0) is 11.2. The molecule has 0 radical (unpaired) electrons. The van der Waals surface area contributed by atoms with Crippen LogP contribution in [0.15, 0.2) is 55.6 Å². The van der Waals surface area contributed by atoms with Gasteiger partial charge in [0.05, 0.1) is 12.9 Å². The number of hydrogen-bond acceptors (Lipinski definition) is 2. The van der Waals surface area contributed by atoms with Gasteiger partial charge in [-0.25, -0.2) is 4.98 Å². The Hall–Kier alpha value is -2.03. The molecule has 3 nitrogen and oxygen atoms in total. The van der Waals surface area contributed by atoms with Gasteiger partial charge in [0.15, 0.2) is 0 Å². The Labute approximate surface area is 95.0 Å². The Morgan fingerprint density at radius 3 is 3.00 bits per heavy atom. The molecule has 3 heteroatoms. The number of nitrogens with zero attached hydrogens (tertiary/aromatic N) is 2. The van der Waals surface area contributed by atoms with Crippen LogP contribution in [0.5, 0.6) is 5.75 Å². The first-order valence-corrected chi connectivity index (χ1v) is 5.17. The number of ether oxygens (including phenoxy) is 1. The van der Waals surface area contributed by atoms with Crippen molar-refractivity contribution in [1.82, 2.24) is 9.55 Å². The summed E-state index contributed by atoms with van der Waals surface area (Å²) in [6, 6.07) is 8.00. The molecule has 0 aliphatic heterocycles. The fourth-order valence-corrected chi connectivity index (χ4v) is 1.50. The van der Waals surface area contributed by atoms with Crippen molar-refractivity contribution in [2.75, 3.05) is 6.61 Å². The Balaban J connectivity index is 2.16. The first kappa shape index (κ1) is 10.5. The normalized spacial score (nSPS) is 10.0. The lowest BCUT2D eigenvalue weighted by molar-refractivity contribution is 0.358. The van der Waals surface area contributed by atoms with Crippen molar-refractivity contribution in [3.05, 3.63) is 61.2 Å². The standard InChI is InChI=1S/C13H14N2O/c1-2-9-16-13-6-4-3-5-12(13)10-15-8-7-14-11-15/h2-8,11H,1,9-10H2. The first-order valence-electron chi connectivity index (χ1n) is 5.17. The number of benzene rings is 1. The summed E-state index contributed by atoms with van der Waals surface area (Å²) in [5, 5.41) is 0. The average Bonchev–Trinajstić information content (AvgIpc) is 2.81. The summed E-state index contributed by atoms with van der Waals surface area (Å²) in [4.78, 5) is 4.02. The second-order valence-electron chi connectivity index (χ2n) is 3.44. The molecule has 0 saturated heterocycles. The molecular weight excluding hydrogens is 200 g/mol. The van der Waals surface area contributed by atoms with Crippen molar-refractivity contribution in [2.24, 2.45) is 0 Å². The van der Waals surface area contributed by atoms with Crippen molar-refractivity contribution in [2.45, 2.75) is 6.54 Å². The van der Waals surface area contributed by atoms with Crippen LogP contribution in [-0.4, -0.2) is 16.2 Å². The molecule has 0 saturated carbocycles. The van der Waals surface area contributed by atoms with E-state index >= 15 is 0 Å². The summed E-state index contributed by atoms with van der Waals surface area (Å²) < 4.78 is 7.59. The molecule has 0 N–H and O–H groups in total. The van der Waals surface area contributed by atoms with Gasteiger partial charge in [-0.05, 0) is 6.07 Å². The van der Waals surface area contributed by atoms with Crippen molar-refractivity contribution in [3.63, 3.8) is 0 Å². The lowest BCUT2D eigenvalue weighted by atomic mass is 10.2. The number of para-hydroxylation sites is 1. The molecule has 1 aromatic carbocycles. The summed E-state index contributed by atoms with van der Waals surface area (Å²) in [5.41, 5.74) is 1.14. The van der Waals surface area contributed by atoms with Crippen LogP contribution < -0.4 is 4.74 Å². The van der Waals surface area contributed by atoms with Crippen LogP contribution in [0.3, 0.4) is 0 Å². The summed E-state index contributed by atoms with van der Waals surface area (Å²) in [5.74, 6) is 0.899. The van der Waals surface area contributed by atoms with Gasteiger partial charge >= 0.3 is 0 Å². The molecular formula is C13H14N2O. The van der Waals surface area contributed by atoms with E-state index in [0.29, 0.717) is 6.61 Å². The number of rotatable bonds is 5. The molecule has 0 spiro atoms. The third-order valence-electron chi connectivity index (χ3n) is 2.24. The molecule has 82 valence electrons. The number of imidazole rings is 1. The molecule has 0 unspecified atom stereocenters. The van der Waals surface area contributed by atoms with Gasteiger partial charge in [0.2, 0.25) is 0 Å².